The number of fused-ring (bicyclic) bond motifs is 1. The fourth-order valence-electron chi connectivity index (χ4n) is 1.90. The van der Waals surface area contributed by atoms with Gasteiger partial charge < -0.3 is 9.15 Å². The van der Waals surface area contributed by atoms with Gasteiger partial charge in [-0.05, 0) is 24.3 Å². The molecule has 3 rings (SSSR count). The fraction of sp³-hybridized carbons (Fsp3) is 0.0625. The summed E-state index contributed by atoms with van der Waals surface area (Å²) in [5, 5.41) is 0.863. The minimum atomic E-state index is -0.404. The van der Waals surface area contributed by atoms with Crippen molar-refractivity contribution < 1.29 is 18.3 Å². The van der Waals surface area contributed by atoms with E-state index in [1.807, 2.05) is 18.2 Å². The van der Waals surface area contributed by atoms with Crippen molar-refractivity contribution >= 4 is 16.8 Å². The van der Waals surface area contributed by atoms with Gasteiger partial charge in [-0.15, -0.1) is 0 Å². The van der Waals surface area contributed by atoms with Crippen LogP contribution in [0.4, 0.5) is 4.39 Å². The lowest BCUT2D eigenvalue weighted by Crippen LogP contribution is -2.10. The van der Waals surface area contributed by atoms with E-state index in [1.165, 1.54) is 18.2 Å². The Morgan fingerprint density at radius 2 is 1.95 bits per heavy atom. The number of benzene rings is 2. The monoisotopic (exact) mass is 270 g/mol. The van der Waals surface area contributed by atoms with Crippen LogP contribution in [0, 0.1) is 5.82 Å². The maximum absolute atomic E-state index is 13.0. The highest BCUT2D eigenvalue weighted by Crippen LogP contribution is 2.19. The molecule has 0 aliphatic rings. The van der Waals surface area contributed by atoms with E-state index in [9.17, 15) is 9.18 Å². The van der Waals surface area contributed by atoms with Gasteiger partial charge in [-0.2, -0.15) is 0 Å². The summed E-state index contributed by atoms with van der Waals surface area (Å²) in [6.45, 7) is -0.191. The van der Waals surface area contributed by atoms with Crippen molar-refractivity contribution in [1.82, 2.24) is 0 Å². The van der Waals surface area contributed by atoms with Crippen LogP contribution in [0.15, 0.2) is 59.0 Å². The van der Waals surface area contributed by atoms with Gasteiger partial charge in [0, 0.05) is 11.5 Å². The summed E-state index contributed by atoms with van der Waals surface area (Å²) in [7, 11) is 0. The first-order chi connectivity index (χ1) is 9.72. The van der Waals surface area contributed by atoms with Gasteiger partial charge in [0.25, 0.3) is 0 Å². The van der Waals surface area contributed by atoms with Crippen LogP contribution in [-0.2, 0) is 0 Å². The third-order valence-corrected chi connectivity index (χ3v) is 2.87. The van der Waals surface area contributed by atoms with Crippen molar-refractivity contribution in [1.29, 1.82) is 0 Å². The van der Waals surface area contributed by atoms with E-state index in [2.05, 4.69) is 0 Å². The molecule has 0 radical (unpaired) electrons. The second-order valence-corrected chi connectivity index (χ2v) is 4.32. The molecule has 3 aromatic rings. The van der Waals surface area contributed by atoms with E-state index in [1.54, 1.807) is 18.2 Å². The summed E-state index contributed by atoms with van der Waals surface area (Å²) >= 11 is 0. The molecule has 100 valence electrons. The molecule has 20 heavy (non-hydrogen) atoms. The Morgan fingerprint density at radius 1 is 1.10 bits per heavy atom. The zero-order chi connectivity index (χ0) is 13.9. The van der Waals surface area contributed by atoms with Gasteiger partial charge in [0.05, 0.1) is 0 Å². The number of ketones is 1. The van der Waals surface area contributed by atoms with E-state index in [0.717, 1.165) is 5.39 Å². The van der Waals surface area contributed by atoms with Crippen molar-refractivity contribution in [3.63, 3.8) is 0 Å². The van der Waals surface area contributed by atoms with Crippen molar-refractivity contribution in [2.75, 3.05) is 6.61 Å². The van der Waals surface area contributed by atoms with E-state index in [4.69, 9.17) is 9.15 Å². The molecule has 0 fully saturated rings. The van der Waals surface area contributed by atoms with Crippen LogP contribution in [-0.4, -0.2) is 12.4 Å². The summed E-state index contributed by atoms with van der Waals surface area (Å²) in [6, 6.07) is 14.7. The quantitative estimate of drug-likeness (QED) is 0.676. The highest BCUT2D eigenvalue weighted by Gasteiger charge is 2.13. The molecule has 1 heterocycles. The van der Waals surface area contributed by atoms with Crippen molar-refractivity contribution in [3.8, 4) is 5.75 Å². The molecule has 4 heteroatoms. The lowest BCUT2D eigenvalue weighted by atomic mass is 10.2. The first-order valence-corrected chi connectivity index (χ1v) is 6.12. The third-order valence-electron chi connectivity index (χ3n) is 2.87. The number of Topliss-reactive ketones (excluding diaryl/α,β-unsaturated/α-hetero) is 1. The third kappa shape index (κ3) is 2.54. The van der Waals surface area contributed by atoms with Gasteiger partial charge >= 0.3 is 0 Å². The molecule has 0 aliphatic heterocycles. The second kappa shape index (κ2) is 5.17. The molecule has 0 saturated heterocycles. The standard InChI is InChI=1S/C16H11FO3/c17-12-5-3-6-13(9-12)19-10-14(18)16-8-11-4-1-2-7-15(11)20-16/h1-9H,10H2. The Hall–Kier alpha value is -2.62. The zero-order valence-electron chi connectivity index (χ0n) is 10.5. The lowest BCUT2D eigenvalue weighted by molar-refractivity contribution is 0.0895. The average Bonchev–Trinajstić information content (AvgIpc) is 2.89. The maximum atomic E-state index is 13.0. The molecule has 0 N–H and O–H groups in total. The van der Waals surface area contributed by atoms with Crippen LogP contribution < -0.4 is 4.74 Å². The van der Waals surface area contributed by atoms with Crippen LogP contribution in [0.3, 0.4) is 0 Å². The molecular formula is C16H11FO3. The molecular weight excluding hydrogens is 259 g/mol. The van der Waals surface area contributed by atoms with Gasteiger partial charge in [-0.25, -0.2) is 4.39 Å². The molecule has 1 aromatic heterocycles. The lowest BCUT2D eigenvalue weighted by Gasteiger charge is -2.03. The number of rotatable bonds is 4. The zero-order valence-corrected chi connectivity index (χ0v) is 10.5. The SMILES string of the molecule is O=C(COc1cccc(F)c1)c1cc2ccccc2o1. The topological polar surface area (TPSA) is 39.4 Å². The maximum Gasteiger partial charge on any atom is 0.235 e. The van der Waals surface area contributed by atoms with E-state index in [-0.39, 0.29) is 18.2 Å². The average molecular weight is 270 g/mol. The Labute approximate surface area is 114 Å². The van der Waals surface area contributed by atoms with Crippen LogP contribution in [0.5, 0.6) is 5.75 Å². The van der Waals surface area contributed by atoms with Crippen LogP contribution in [0.1, 0.15) is 10.6 Å². The minimum Gasteiger partial charge on any atom is -0.485 e. The first kappa shape index (κ1) is 12.4. The fourth-order valence-corrected chi connectivity index (χ4v) is 1.90. The Kier molecular flexibility index (Phi) is 3.21. The molecule has 2 aromatic carbocycles. The normalized spacial score (nSPS) is 10.7. The van der Waals surface area contributed by atoms with Gasteiger partial charge in [0.1, 0.15) is 17.1 Å². The number of carbonyl (C=O) groups is 1. The Balaban J connectivity index is 1.73. The molecule has 0 spiro atoms. The first-order valence-electron chi connectivity index (χ1n) is 6.12. The summed E-state index contributed by atoms with van der Waals surface area (Å²) < 4.78 is 23.7. The number of para-hydroxylation sites is 1. The van der Waals surface area contributed by atoms with Gasteiger partial charge in [0.2, 0.25) is 5.78 Å². The van der Waals surface area contributed by atoms with Crippen LogP contribution in [0.25, 0.3) is 11.0 Å². The largest absolute Gasteiger partial charge is 0.485 e. The predicted octanol–water partition coefficient (Wildman–Crippen LogP) is 3.83. The van der Waals surface area contributed by atoms with Crippen molar-refractivity contribution in [2.24, 2.45) is 0 Å². The van der Waals surface area contributed by atoms with Crippen LogP contribution in [0.2, 0.25) is 0 Å². The van der Waals surface area contributed by atoms with E-state index < -0.39 is 5.82 Å². The Morgan fingerprint density at radius 3 is 2.75 bits per heavy atom. The number of furan rings is 1. The highest BCUT2D eigenvalue weighted by molar-refractivity contribution is 5.98. The summed E-state index contributed by atoms with van der Waals surface area (Å²) in [5.41, 5.74) is 0.654. The van der Waals surface area contributed by atoms with E-state index >= 15 is 0 Å². The molecule has 0 saturated carbocycles. The number of hydrogen-bond donors (Lipinski definition) is 0. The summed E-state index contributed by atoms with van der Waals surface area (Å²) in [5.74, 6) is -0.138. The molecule has 0 amide bonds. The van der Waals surface area contributed by atoms with Gasteiger partial charge in [-0.1, -0.05) is 24.3 Å². The molecule has 0 atom stereocenters. The molecule has 3 nitrogen and oxygen atoms in total. The summed E-state index contributed by atoms with van der Waals surface area (Å²) in [4.78, 5) is 12.0. The molecule has 0 bridgehead atoms. The number of halogens is 1. The minimum absolute atomic E-state index is 0.191. The highest BCUT2D eigenvalue weighted by atomic mass is 19.1. The summed E-state index contributed by atoms with van der Waals surface area (Å²) in [6.07, 6.45) is 0. The smallest absolute Gasteiger partial charge is 0.235 e. The van der Waals surface area contributed by atoms with Gasteiger partial charge in [-0.3, -0.25) is 4.79 Å². The molecule has 0 aliphatic carbocycles. The van der Waals surface area contributed by atoms with E-state index in [0.29, 0.717) is 11.3 Å². The Bertz CT molecular complexity index is 728. The molecule has 0 unspecified atom stereocenters. The number of hydrogen-bond acceptors (Lipinski definition) is 3. The predicted molar refractivity (Wildman–Crippen MR) is 72.4 cm³/mol. The van der Waals surface area contributed by atoms with Gasteiger partial charge in [0.15, 0.2) is 12.4 Å². The van der Waals surface area contributed by atoms with Crippen molar-refractivity contribution in [2.45, 2.75) is 0 Å². The second-order valence-electron chi connectivity index (χ2n) is 4.32. The van der Waals surface area contributed by atoms with Crippen molar-refractivity contribution in [3.05, 3.63) is 66.2 Å². The number of carbonyl (C=O) groups excluding carboxylic acids is 1. The van der Waals surface area contributed by atoms with Crippen LogP contribution >= 0.6 is 0 Å². The number of ether oxygens (including phenoxy) is 1.